The molecule has 0 spiro atoms. The quantitative estimate of drug-likeness (QED) is 0.325. The number of hydrogen-bond acceptors (Lipinski definition) is 3. The fourth-order valence-electron chi connectivity index (χ4n) is 2.27. The molecule has 21 heavy (non-hydrogen) atoms. The SMILES string of the molecule is CN=C(NCCCn1cc(C)cn1)NCC1CCCO1.I. The highest BCUT2D eigenvalue weighted by molar-refractivity contribution is 14.0. The average molecular weight is 407 g/mol. The minimum Gasteiger partial charge on any atom is -0.376 e. The van der Waals surface area contributed by atoms with Crippen molar-refractivity contribution >= 4 is 29.9 Å². The van der Waals surface area contributed by atoms with Crippen molar-refractivity contribution in [3.8, 4) is 0 Å². The second kappa shape index (κ2) is 9.99. The molecule has 0 bridgehead atoms. The Morgan fingerprint density at radius 3 is 3.00 bits per heavy atom. The monoisotopic (exact) mass is 407 g/mol. The molecule has 0 aliphatic carbocycles. The van der Waals surface area contributed by atoms with Gasteiger partial charge < -0.3 is 15.4 Å². The van der Waals surface area contributed by atoms with Crippen LogP contribution in [0.2, 0.25) is 0 Å². The maximum atomic E-state index is 5.58. The number of aryl methyl sites for hydroxylation is 2. The van der Waals surface area contributed by atoms with Gasteiger partial charge in [0.2, 0.25) is 0 Å². The van der Waals surface area contributed by atoms with E-state index in [4.69, 9.17) is 4.74 Å². The van der Waals surface area contributed by atoms with Crippen LogP contribution in [0.3, 0.4) is 0 Å². The van der Waals surface area contributed by atoms with Crippen molar-refractivity contribution in [2.75, 3.05) is 26.7 Å². The van der Waals surface area contributed by atoms with Gasteiger partial charge in [0.05, 0.1) is 12.3 Å². The number of aliphatic imine (C=N–C) groups is 1. The summed E-state index contributed by atoms with van der Waals surface area (Å²) in [4.78, 5) is 4.21. The van der Waals surface area contributed by atoms with Crippen LogP contribution in [0.4, 0.5) is 0 Å². The van der Waals surface area contributed by atoms with Gasteiger partial charge in [-0.05, 0) is 31.7 Å². The third-order valence-corrected chi connectivity index (χ3v) is 3.36. The van der Waals surface area contributed by atoms with Crippen molar-refractivity contribution in [3.63, 3.8) is 0 Å². The van der Waals surface area contributed by atoms with Crippen molar-refractivity contribution in [1.82, 2.24) is 20.4 Å². The van der Waals surface area contributed by atoms with Gasteiger partial charge in [-0.1, -0.05) is 0 Å². The zero-order chi connectivity index (χ0) is 14.2. The summed E-state index contributed by atoms with van der Waals surface area (Å²) in [7, 11) is 1.79. The zero-order valence-electron chi connectivity index (χ0n) is 12.8. The van der Waals surface area contributed by atoms with Gasteiger partial charge in [0.15, 0.2) is 5.96 Å². The molecule has 1 aliphatic rings. The van der Waals surface area contributed by atoms with Crippen LogP contribution in [-0.2, 0) is 11.3 Å². The molecule has 1 aromatic rings. The normalized spacial score (nSPS) is 18.4. The van der Waals surface area contributed by atoms with Gasteiger partial charge in [0, 0.05) is 39.5 Å². The zero-order valence-corrected chi connectivity index (χ0v) is 15.2. The lowest BCUT2D eigenvalue weighted by Gasteiger charge is -2.15. The Morgan fingerprint density at radius 1 is 1.52 bits per heavy atom. The molecule has 1 fully saturated rings. The summed E-state index contributed by atoms with van der Waals surface area (Å²) in [6.45, 7) is 5.58. The summed E-state index contributed by atoms with van der Waals surface area (Å²) in [6, 6.07) is 0. The van der Waals surface area contributed by atoms with Crippen molar-refractivity contribution in [1.29, 1.82) is 0 Å². The number of guanidine groups is 1. The summed E-state index contributed by atoms with van der Waals surface area (Å²) in [5, 5.41) is 10.9. The molecule has 0 amide bonds. The molecule has 2 N–H and O–H groups in total. The van der Waals surface area contributed by atoms with E-state index in [-0.39, 0.29) is 24.0 Å². The third-order valence-electron chi connectivity index (χ3n) is 3.36. The highest BCUT2D eigenvalue weighted by atomic mass is 127. The molecule has 2 rings (SSSR count). The molecule has 1 unspecified atom stereocenters. The first kappa shape index (κ1) is 18.2. The summed E-state index contributed by atoms with van der Waals surface area (Å²) in [6.07, 6.45) is 7.60. The summed E-state index contributed by atoms with van der Waals surface area (Å²) >= 11 is 0. The van der Waals surface area contributed by atoms with Crippen LogP contribution in [0.25, 0.3) is 0 Å². The fraction of sp³-hybridized carbons (Fsp3) is 0.714. The van der Waals surface area contributed by atoms with E-state index in [1.807, 2.05) is 10.9 Å². The molecule has 1 atom stereocenters. The summed E-state index contributed by atoms with van der Waals surface area (Å²) in [5.74, 6) is 0.845. The molecule has 1 aliphatic heterocycles. The molecular weight excluding hydrogens is 381 g/mol. The smallest absolute Gasteiger partial charge is 0.191 e. The van der Waals surface area contributed by atoms with Gasteiger partial charge in [-0.3, -0.25) is 9.67 Å². The van der Waals surface area contributed by atoms with Gasteiger partial charge in [0.1, 0.15) is 0 Å². The first-order valence-corrected chi connectivity index (χ1v) is 7.33. The summed E-state index contributed by atoms with van der Waals surface area (Å²) < 4.78 is 7.55. The molecule has 120 valence electrons. The Morgan fingerprint density at radius 2 is 2.38 bits per heavy atom. The number of rotatable bonds is 6. The second-order valence-electron chi connectivity index (χ2n) is 5.15. The third kappa shape index (κ3) is 6.64. The number of nitrogens with zero attached hydrogens (tertiary/aromatic N) is 3. The molecule has 2 heterocycles. The van der Waals surface area contributed by atoms with Gasteiger partial charge in [0.25, 0.3) is 0 Å². The van der Waals surface area contributed by atoms with Crippen LogP contribution in [0.15, 0.2) is 17.4 Å². The highest BCUT2D eigenvalue weighted by Gasteiger charge is 2.15. The molecule has 1 aromatic heterocycles. The Hall–Kier alpha value is -0.830. The van der Waals surface area contributed by atoms with E-state index in [0.717, 1.165) is 45.0 Å². The van der Waals surface area contributed by atoms with E-state index in [9.17, 15) is 0 Å². The predicted molar refractivity (Wildman–Crippen MR) is 95.3 cm³/mol. The largest absolute Gasteiger partial charge is 0.376 e. The number of aromatic nitrogens is 2. The molecule has 0 radical (unpaired) electrons. The minimum absolute atomic E-state index is 0. The van der Waals surface area contributed by atoms with E-state index >= 15 is 0 Å². The molecule has 0 saturated carbocycles. The van der Waals surface area contributed by atoms with E-state index in [1.54, 1.807) is 7.05 Å². The van der Waals surface area contributed by atoms with Crippen LogP contribution in [0.1, 0.15) is 24.8 Å². The molecular formula is C14H26IN5O. The van der Waals surface area contributed by atoms with Crippen LogP contribution in [0, 0.1) is 6.92 Å². The highest BCUT2D eigenvalue weighted by Crippen LogP contribution is 2.10. The van der Waals surface area contributed by atoms with Gasteiger partial charge in [-0.15, -0.1) is 24.0 Å². The minimum atomic E-state index is 0. The number of halogens is 1. The van der Waals surface area contributed by atoms with Gasteiger partial charge in [-0.25, -0.2) is 0 Å². The average Bonchev–Trinajstić information content (AvgIpc) is 3.09. The summed E-state index contributed by atoms with van der Waals surface area (Å²) in [5.41, 5.74) is 1.20. The Bertz CT molecular complexity index is 429. The van der Waals surface area contributed by atoms with E-state index < -0.39 is 0 Å². The lowest BCUT2D eigenvalue weighted by molar-refractivity contribution is 0.114. The van der Waals surface area contributed by atoms with Crippen LogP contribution >= 0.6 is 24.0 Å². The number of nitrogens with one attached hydrogen (secondary N) is 2. The molecule has 0 aromatic carbocycles. The molecule has 1 saturated heterocycles. The number of ether oxygens (including phenoxy) is 1. The van der Waals surface area contributed by atoms with Crippen LogP contribution in [-0.4, -0.2) is 48.6 Å². The van der Waals surface area contributed by atoms with Crippen molar-refractivity contribution in [2.45, 2.75) is 38.8 Å². The van der Waals surface area contributed by atoms with E-state index in [0.29, 0.717) is 6.10 Å². The maximum absolute atomic E-state index is 5.58. The second-order valence-corrected chi connectivity index (χ2v) is 5.15. The maximum Gasteiger partial charge on any atom is 0.191 e. The predicted octanol–water partition coefficient (Wildman–Crippen LogP) is 1.54. The Balaban J connectivity index is 0.00000220. The van der Waals surface area contributed by atoms with Crippen LogP contribution < -0.4 is 10.6 Å². The lowest BCUT2D eigenvalue weighted by Crippen LogP contribution is -2.41. The van der Waals surface area contributed by atoms with E-state index in [2.05, 4.69) is 33.8 Å². The first-order chi connectivity index (χ1) is 9.78. The van der Waals surface area contributed by atoms with Crippen molar-refractivity contribution < 1.29 is 4.74 Å². The number of hydrogen-bond donors (Lipinski definition) is 2. The first-order valence-electron chi connectivity index (χ1n) is 7.33. The van der Waals surface area contributed by atoms with E-state index in [1.165, 1.54) is 12.0 Å². The van der Waals surface area contributed by atoms with Crippen molar-refractivity contribution in [2.24, 2.45) is 4.99 Å². The van der Waals surface area contributed by atoms with Crippen LogP contribution in [0.5, 0.6) is 0 Å². The standard InChI is InChI=1S/C14H25N5O.HI/c1-12-9-18-19(11-12)7-4-6-16-14(15-2)17-10-13-5-3-8-20-13;/h9,11,13H,3-8,10H2,1-2H3,(H2,15,16,17);1H. The molecule has 7 heteroatoms. The lowest BCUT2D eigenvalue weighted by atomic mass is 10.2. The fourth-order valence-corrected chi connectivity index (χ4v) is 2.27. The Labute approximate surface area is 143 Å². The topological polar surface area (TPSA) is 63.5 Å². The van der Waals surface area contributed by atoms with Crippen molar-refractivity contribution in [3.05, 3.63) is 18.0 Å². The molecule has 6 nitrogen and oxygen atoms in total. The van der Waals surface area contributed by atoms with Gasteiger partial charge in [-0.2, -0.15) is 5.10 Å². The van der Waals surface area contributed by atoms with Gasteiger partial charge >= 0.3 is 0 Å². The Kier molecular flexibility index (Phi) is 8.67.